The Hall–Kier alpha value is -0.405. The maximum absolute atomic E-state index is 11.5. The first-order valence-electron chi connectivity index (χ1n) is 3.29. The highest BCUT2D eigenvalue weighted by atomic mass is 19.4. The van der Waals surface area contributed by atoms with Gasteiger partial charge in [0, 0.05) is 0 Å². The number of hydrogen-bond donors (Lipinski definition) is 0. The summed E-state index contributed by atoms with van der Waals surface area (Å²) >= 11 is 0. The lowest BCUT2D eigenvalue weighted by Gasteiger charge is -2.06. The summed E-state index contributed by atoms with van der Waals surface area (Å²) in [7, 11) is 0. The van der Waals surface area contributed by atoms with Crippen LogP contribution in [0.5, 0.6) is 0 Å². The molecule has 0 amide bonds. The Morgan fingerprint density at radius 2 is 1.80 bits per heavy atom. The standard InChI is InChI=1S/C6H11BF3/c1-6(2)4-3-5-7(8,9)10/h3,5-6H,4H2,1-2H3/q-1. The largest absolute Gasteiger partial charge is 0.502 e. The van der Waals surface area contributed by atoms with E-state index < -0.39 is 6.98 Å². The minimum atomic E-state index is -4.71. The molecule has 0 aromatic heterocycles. The van der Waals surface area contributed by atoms with Gasteiger partial charge in [-0.25, -0.2) is 0 Å². The van der Waals surface area contributed by atoms with Crippen LogP contribution in [0.2, 0.25) is 0 Å². The van der Waals surface area contributed by atoms with E-state index in [0.717, 1.165) is 0 Å². The molecule has 0 saturated heterocycles. The molecule has 0 bridgehead atoms. The van der Waals surface area contributed by atoms with Crippen LogP contribution >= 0.6 is 0 Å². The molecule has 0 fully saturated rings. The fourth-order valence-corrected chi connectivity index (χ4v) is 0.505. The first kappa shape index (κ1) is 9.59. The summed E-state index contributed by atoms with van der Waals surface area (Å²) in [6.07, 6.45) is 1.69. The zero-order chi connectivity index (χ0) is 8.20. The molecular formula is C6H11BF3-. The second-order valence-corrected chi connectivity index (χ2v) is 2.68. The number of allylic oxidation sites excluding steroid dienone is 1. The molecule has 10 heavy (non-hydrogen) atoms. The van der Waals surface area contributed by atoms with Crippen molar-refractivity contribution in [3.8, 4) is 0 Å². The van der Waals surface area contributed by atoms with Gasteiger partial charge in [0.1, 0.15) is 0 Å². The summed E-state index contributed by atoms with van der Waals surface area (Å²) in [4.78, 5) is 0. The predicted molar refractivity (Wildman–Crippen MR) is 37.7 cm³/mol. The molecule has 0 saturated carbocycles. The van der Waals surface area contributed by atoms with Gasteiger partial charge in [0.05, 0.1) is 0 Å². The van der Waals surface area contributed by atoms with Gasteiger partial charge >= 0.3 is 6.98 Å². The second-order valence-electron chi connectivity index (χ2n) is 2.68. The minimum Gasteiger partial charge on any atom is -0.445 e. The molecule has 0 aromatic carbocycles. The first-order valence-corrected chi connectivity index (χ1v) is 3.29. The summed E-state index contributed by atoms with van der Waals surface area (Å²) in [5.41, 5.74) is 0. The summed E-state index contributed by atoms with van der Waals surface area (Å²) < 4.78 is 34.4. The van der Waals surface area contributed by atoms with Gasteiger partial charge in [-0.05, 0) is 12.3 Å². The van der Waals surface area contributed by atoms with Crippen molar-refractivity contribution in [2.45, 2.75) is 20.3 Å². The highest BCUT2D eigenvalue weighted by Crippen LogP contribution is 2.11. The molecule has 0 radical (unpaired) electrons. The molecule has 0 heterocycles. The molecular weight excluding hydrogens is 140 g/mol. The van der Waals surface area contributed by atoms with Crippen molar-refractivity contribution in [1.82, 2.24) is 0 Å². The molecule has 0 atom stereocenters. The van der Waals surface area contributed by atoms with Gasteiger partial charge in [0.2, 0.25) is 0 Å². The molecule has 0 aromatic rings. The lowest BCUT2D eigenvalue weighted by atomic mass is 9.90. The van der Waals surface area contributed by atoms with Gasteiger partial charge in [-0.3, -0.25) is 0 Å². The monoisotopic (exact) mass is 151 g/mol. The maximum atomic E-state index is 11.5. The third-order valence-electron chi connectivity index (χ3n) is 0.962. The Labute approximate surface area is 59.2 Å². The summed E-state index contributed by atoms with van der Waals surface area (Å²) in [6.45, 7) is -0.946. The minimum absolute atomic E-state index is 0.300. The Morgan fingerprint density at radius 3 is 2.10 bits per heavy atom. The number of rotatable bonds is 3. The number of hydrogen-bond acceptors (Lipinski definition) is 0. The Morgan fingerprint density at radius 1 is 1.30 bits per heavy atom. The van der Waals surface area contributed by atoms with Crippen molar-refractivity contribution >= 4 is 6.98 Å². The Kier molecular flexibility index (Phi) is 3.54. The third-order valence-corrected chi connectivity index (χ3v) is 0.962. The van der Waals surface area contributed by atoms with E-state index in [4.69, 9.17) is 0 Å². The third kappa shape index (κ3) is 7.59. The van der Waals surface area contributed by atoms with Gasteiger partial charge < -0.3 is 12.9 Å². The van der Waals surface area contributed by atoms with Crippen LogP contribution in [0.25, 0.3) is 0 Å². The number of halogens is 3. The topological polar surface area (TPSA) is 0 Å². The molecule has 0 spiro atoms. The van der Waals surface area contributed by atoms with E-state index in [-0.39, 0.29) is 0 Å². The molecule has 0 rings (SSSR count). The molecule has 0 nitrogen and oxygen atoms in total. The quantitative estimate of drug-likeness (QED) is 0.543. The van der Waals surface area contributed by atoms with E-state index in [2.05, 4.69) is 0 Å². The van der Waals surface area contributed by atoms with E-state index in [0.29, 0.717) is 18.3 Å². The fourth-order valence-electron chi connectivity index (χ4n) is 0.505. The van der Waals surface area contributed by atoms with Gasteiger partial charge in [-0.1, -0.05) is 13.8 Å². The lowest BCUT2D eigenvalue weighted by molar-refractivity contribution is 0.497. The van der Waals surface area contributed by atoms with Crippen molar-refractivity contribution in [2.24, 2.45) is 5.92 Å². The molecule has 0 N–H and O–H groups in total. The molecule has 0 aliphatic carbocycles. The average Bonchev–Trinajstić information content (AvgIpc) is 1.59. The first-order chi connectivity index (χ1) is 4.42. The highest BCUT2D eigenvalue weighted by molar-refractivity contribution is 6.64. The molecule has 0 aliphatic rings. The van der Waals surface area contributed by atoms with Crippen LogP contribution in [-0.4, -0.2) is 6.98 Å². The van der Waals surface area contributed by atoms with Crippen molar-refractivity contribution in [3.05, 3.63) is 12.1 Å². The summed E-state index contributed by atoms with van der Waals surface area (Å²) in [6, 6.07) is 0. The van der Waals surface area contributed by atoms with E-state index in [9.17, 15) is 12.9 Å². The van der Waals surface area contributed by atoms with E-state index in [1.165, 1.54) is 6.08 Å². The SMILES string of the molecule is CC(C)CC=C[B-](F)(F)F. The highest BCUT2D eigenvalue weighted by Gasteiger charge is 2.16. The van der Waals surface area contributed by atoms with Crippen molar-refractivity contribution in [1.29, 1.82) is 0 Å². The van der Waals surface area contributed by atoms with E-state index in [1.807, 2.05) is 13.8 Å². The molecule has 60 valence electrons. The van der Waals surface area contributed by atoms with E-state index >= 15 is 0 Å². The van der Waals surface area contributed by atoms with Crippen LogP contribution in [-0.2, 0) is 0 Å². The summed E-state index contributed by atoms with van der Waals surface area (Å²) in [5.74, 6) is 0.648. The predicted octanol–water partition coefficient (Wildman–Crippen LogP) is 2.98. The second kappa shape index (κ2) is 3.69. The zero-order valence-corrected chi connectivity index (χ0v) is 6.15. The Bertz CT molecular complexity index is 115. The van der Waals surface area contributed by atoms with Gasteiger partial charge in [-0.15, -0.1) is 12.1 Å². The van der Waals surface area contributed by atoms with Gasteiger partial charge in [-0.2, -0.15) is 0 Å². The normalized spacial score (nSPS) is 13.4. The van der Waals surface area contributed by atoms with Gasteiger partial charge in [0.25, 0.3) is 0 Å². The average molecular weight is 151 g/mol. The van der Waals surface area contributed by atoms with Crippen LogP contribution in [0.1, 0.15) is 20.3 Å². The molecule has 0 aliphatic heterocycles. The Balaban J connectivity index is 3.57. The van der Waals surface area contributed by atoms with Crippen LogP contribution in [0.4, 0.5) is 12.9 Å². The summed E-state index contributed by atoms with van der Waals surface area (Å²) in [5, 5.41) is 0. The van der Waals surface area contributed by atoms with Crippen LogP contribution in [0.15, 0.2) is 12.1 Å². The van der Waals surface area contributed by atoms with Crippen LogP contribution in [0.3, 0.4) is 0 Å². The lowest BCUT2D eigenvalue weighted by Crippen LogP contribution is -2.09. The molecule has 0 unspecified atom stereocenters. The smallest absolute Gasteiger partial charge is 0.445 e. The van der Waals surface area contributed by atoms with Crippen molar-refractivity contribution < 1.29 is 12.9 Å². The molecule has 4 heteroatoms. The van der Waals surface area contributed by atoms with Gasteiger partial charge in [0.15, 0.2) is 0 Å². The van der Waals surface area contributed by atoms with Crippen LogP contribution < -0.4 is 0 Å². The van der Waals surface area contributed by atoms with Crippen molar-refractivity contribution in [2.75, 3.05) is 0 Å². The fraction of sp³-hybridized carbons (Fsp3) is 0.667. The van der Waals surface area contributed by atoms with Crippen molar-refractivity contribution in [3.63, 3.8) is 0 Å². The zero-order valence-electron chi connectivity index (χ0n) is 6.15. The maximum Gasteiger partial charge on any atom is 0.502 e. The van der Waals surface area contributed by atoms with Crippen LogP contribution in [0, 0.1) is 5.92 Å². The van der Waals surface area contributed by atoms with E-state index in [1.54, 1.807) is 0 Å².